The van der Waals surface area contributed by atoms with Crippen LogP contribution in [0.15, 0.2) is 76.2 Å². The number of sulfone groups is 1. The molecule has 0 radical (unpaired) electrons. The lowest BCUT2D eigenvalue weighted by molar-refractivity contribution is -0.116. The van der Waals surface area contributed by atoms with Gasteiger partial charge in [-0.1, -0.05) is 12.1 Å². The van der Waals surface area contributed by atoms with Crippen molar-refractivity contribution >= 4 is 38.6 Å². The number of hydrogen-bond donors (Lipinski definition) is 3. The molecule has 0 aliphatic carbocycles. The molecule has 1 aliphatic rings. The van der Waals surface area contributed by atoms with Crippen LogP contribution in [0.25, 0.3) is 28.2 Å². The minimum Gasteiger partial charge on any atom is -0.493 e. The highest BCUT2D eigenvalue weighted by atomic mass is 32.2. The molecule has 4 N–H and O–H groups in total. The molecule has 1 amide bonds. The number of nitrogens with one attached hydrogen (secondary N) is 2. The van der Waals surface area contributed by atoms with Gasteiger partial charge < -0.3 is 30.3 Å². The third-order valence-electron chi connectivity index (χ3n) is 6.33. The number of morpholine rings is 1. The van der Waals surface area contributed by atoms with E-state index in [0.29, 0.717) is 36.1 Å². The number of carbonyl (C=O) groups is 1. The fourth-order valence-electron chi connectivity index (χ4n) is 4.29. The molecule has 2 aromatic carbocycles. The van der Waals surface area contributed by atoms with E-state index in [-0.39, 0.29) is 23.9 Å². The van der Waals surface area contributed by atoms with E-state index in [1.165, 1.54) is 6.08 Å². The smallest absolute Gasteiger partial charge is 0.244 e. The maximum Gasteiger partial charge on any atom is 0.244 e. The Morgan fingerprint density at radius 3 is 2.72 bits per heavy atom. The first-order valence-corrected chi connectivity index (χ1v) is 13.8. The van der Waals surface area contributed by atoms with E-state index in [2.05, 4.69) is 15.6 Å². The lowest BCUT2D eigenvalue weighted by atomic mass is 10.0. The highest BCUT2D eigenvalue weighted by molar-refractivity contribution is 7.92. The Balaban J connectivity index is 1.35. The summed E-state index contributed by atoms with van der Waals surface area (Å²) >= 11 is 0. The summed E-state index contributed by atoms with van der Waals surface area (Å²) in [5.74, 6) is 1.19. The van der Waals surface area contributed by atoms with Crippen LogP contribution in [0.2, 0.25) is 0 Å². The predicted molar refractivity (Wildman–Crippen MR) is 148 cm³/mol. The first-order chi connectivity index (χ1) is 18.8. The number of amides is 1. The van der Waals surface area contributed by atoms with Crippen molar-refractivity contribution < 1.29 is 27.1 Å². The molecule has 11 heteroatoms. The van der Waals surface area contributed by atoms with Crippen molar-refractivity contribution in [2.75, 3.05) is 32.5 Å². The summed E-state index contributed by atoms with van der Waals surface area (Å²) in [6.45, 7) is 1.40. The number of aromatic nitrogens is 1. The van der Waals surface area contributed by atoms with E-state index in [4.69, 9.17) is 19.6 Å². The average Bonchev–Trinajstić information content (AvgIpc) is 3.40. The summed E-state index contributed by atoms with van der Waals surface area (Å²) in [4.78, 5) is 16.5. The fraction of sp³-hybridized carbons (Fsp3) is 0.214. The normalized spacial score (nSPS) is 16.0. The monoisotopic (exact) mass is 548 g/mol. The van der Waals surface area contributed by atoms with E-state index in [1.54, 1.807) is 61.8 Å². The van der Waals surface area contributed by atoms with Crippen molar-refractivity contribution in [1.29, 1.82) is 0 Å². The number of hydrogen-bond acceptors (Lipinski definition) is 9. The molecule has 1 saturated heterocycles. The molecule has 2 aromatic heterocycles. The predicted octanol–water partition coefficient (Wildman–Crippen LogP) is 3.13. The zero-order chi connectivity index (χ0) is 27.4. The number of nitrogen functional groups attached to an aromatic ring is 1. The molecule has 1 unspecified atom stereocenters. The van der Waals surface area contributed by atoms with Crippen LogP contribution in [0.3, 0.4) is 0 Å². The van der Waals surface area contributed by atoms with E-state index >= 15 is 0 Å². The molecule has 0 saturated carbocycles. The SMILES string of the molecule is COc1ccc(-c2ccc(S(=O)(=O)C3CNCCO3)cc2)c2cc(CNC(=O)C=Cc3ccc(N)nc3)oc12. The van der Waals surface area contributed by atoms with Crippen LogP contribution in [0.4, 0.5) is 5.82 Å². The first-order valence-electron chi connectivity index (χ1n) is 12.3. The maximum atomic E-state index is 13.0. The second kappa shape index (κ2) is 11.3. The van der Waals surface area contributed by atoms with Gasteiger partial charge in [-0.05, 0) is 65.2 Å². The molecule has 3 heterocycles. The van der Waals surface area contributed by atoms with Crippen molar-refractivity contribution in [3.05, 3.63) is 78.2 Å². The van der Waals surface area contributed by atoms with Gasteiger partial charge in [0.1, 0.15) is 11.6 Å². The number of benzene rings is 2. The number of carbonyl (C=O) groups excluding carboxylic acids is 1. The van der Waals surface area contributed by atoms with E-state index < -0.39 is 15.3 Å². The van der Waals surface area contributed by atoms with Crippen LogP contribution in [0.1, 0.15) is 11.3 Å². The van der Waals surface area contributed by atoms with E-state index in [9.17, 15) is 13.2 Å². The molecule has 0 bridgehead atoms. The fourth-order valence-corrected chi connectivity index (χ4v) is 5.72. The number of nitrogens with zero attached hydrogens (tertiary/aromatic N) is 1. The van der Waals surface area contributed by atoms with Crippen LogP contribution in [0.5, 0.6) is 5.75 Å². The molecule has 1 atom stereocenters. The number of fused-ring (bicyclic) bond motifs is 1. The van der Waals surface area contributed by atoms with Gasteiger partial charge in [-0.25, -0.2) is 13.4 Å². The molecule has 4 aromatic rings. The number of methoxy groups -OCH3 is 1. The number of anilines is 1. The third kappa shape index (κ3) is 5.80. The average molecular weight is 549 g/mol. The second-order valence-corrected chi connectivity index (χ2v) is 11.0. The number of furan rings is 1. The molecule has 39 heavy (non-hydrogen) atoms. The summed E-state index contributed by atoms with van der Waals surface area (Å²) in [5, 5.41) is 6.63. The lowest BCUT2D eigenvalue weighted by Gasteiger charge is -2.23. The van der Waals surface area contributed by atoms with Gasteiger partial charge in [-0.2, -0.15) is 0 Å². The Bertz CT molecular complexity index is 1610. The summed E-state index contributed by atoms with van der Waals surface area (Å²) < 4.78 is 42.9. The van der Waals surface area contributed by atoms with Crippen molar-refractivity contribution in [1.82, 2.24) is 15.6 Å². The Morgan fingerprint density at radius 1 is 1.21 bits per heavy atom. The van der Waals surface area contributed by atoms with Crippen molar-refractivity contribution in [3.63, 3.8) is 0 Å². The summed E-state index contributed by atoms with van der Waals surface area (Å²) in [6, 6.07) is 15.6. The molecule has 202 valence electrons. The number of ether oxygens (including phenoxy) is 2. The Hall–Kier alpha value is -4.19. The van der Waals surface area contributed by atoms with Gasteiger partial charge in [0.15, 0.2) is 16.8 Å². The van der Waals surface area contributed by atoms with Gasteiger partial charge in [-0.3, -0.25) is 4.79 Å². The van der Waals surface area contributed by atoms with Crippen LogP contribution >= 0.6 is 0 Å². The minimum atomic E-state index is -3.63. The first kappa shape index (κ1) is 26.4. The minimum absolute atomic E-state index is 0.160. The molecular weight excluding hydrogens is 520 g/mol. The van der Waals surface area contributed by atoms with Gasteiger partial charge >= 0.3 is 0 Å². The van der Waals surface area contributed by atoms with Gasteiger partial charge in [0.05, 0.1) is 25.2 Å². The largest absolute Gasteiger partial charge is 0.493 e. The third-order valence-corrected chi connectivity index (χ3v) is 8.25. The molecule has 1 aliphatic heterocycles. The van der Waals surface area contributed by atoms with Crippen LogP contribution in [0, 0.1) is 0 Å². The quantitative estimate of drug-likeness (QED) is 0.283. The van der Waals surface area contributed by atoms with E-state index in [0.717, 1.165) is 22.1 Å². The maximum absolute atomic E-state index is 13.0. The second-order valence-electron chi connectivity index (χ2n) is 8.91. The Morgan fingerprint density at radius 2 is 2.03 bits per heavy atom. The highest BCUT2D eigenvalue weighted by Crippen LogP contribution is 2.37. The van der Waals surface area contributed by atoms with Crippen LogP contribution in [-0.4, -0.2) is 51.6 Å². The molecule has 0 spiro atoms. The Kier molecular flexibility index (Phi) is 7.64. The number of rotatable bonds is 8. The standard InChI is InChI=1S/C28H28N4O6S/c1-36-24-9-8-22(19-4-6-21(7-5-19)39(34,35)27-17-30-12-13-37-27)23-14-20(38-28(23)24)16-32-26(33)11-3-18-2-10-25(29)31-15-18/h2-11,14-15,27,30H,12-13,16-17H2,1H3,(H2,29,31)(H,32,33). The van der Waals surface area contributed by atoms with Gasteiger partial charge in [-0.15, -0.1) is 0 Å². The van der Waals surface area contributed by atoms with Gasteiger partial charge in [0.2, 0.25) is 15.7 Å². The molecule has 10 nitrogen and oxygen atoms in total. The van der Waals surface area contributed by atoms with Crippen LogP contribution in [-0.2, 0) is 25.9 Å². The van der Waals surface area contributed by atoms with Crippen molar-refractivity contribution in [2.45, 2.75) is 16.9 Å². The van der Waals surface area contributed by atoms with Gasteiger partial charge in [0.25, 0.3) is 0 Å². The zero-order valence-electron chi connectivity index (χ0n) is 21.2. The molecule has 5 rings (SSSR count). The van der Waals surface area contributed by atoms with Crippen molar-refractivity contribution in [3.8, 4) is 16.9 Å². The Labute approximate surface area is 225 Å². The summed E-state index contributed by atoms with van der Waals surface area (Å²) in [7, 11) is -2.08. The number of nitrogens with two attached hydrogens (primary N) is 1. The highest BCUT2D eigenvalue weighted by Gasteiger charge is 2.30. The summed E-state index contributed by atoms with van der Waals surface area (Å²) in [6.07, 6.45) is 4.63. The summed E-state index contributed by atoms with van der Waals surface area (Å²) in [5.41, 5.74) is 7.59. The zero-order valence-corrected chi connectivity index (χ0v) is 22.0. The van der Waals surface area contributed by atoms with E-state index in [1.807, 2.05) is 12.1 Å². The lowest BCUT2D eigenvalue weighted by Crippen LogP contribution is -2.42. The number of pyridine rings is 1. The van der Waals surface area contributed by atoms with Crippen LogP contribution < -0.4 is 21.1 Å². The molecular formula is C28H28N4O6S. The van der Waals surface area contributed by atoms with Crippen molar-refractivity contribution in [2.24, 2.45) is 0 Å². The topological polar surface area (TPSA) is 146 Å². The van der Waals surface area contributed by atoms with Gasteiger partial charge in [0, 0.05) is 30.7 Å². The molecule has 1 fully saturated rings.